The summed E-state index contributed by atoms with van der Waals surface area (Å²) < 4.78 is 45.4. The average molecular weight is 378 g/mol. The van der Waals surface area contributed by atoms with Crippen molar-refractivity contribution in [3.63, 3.8) is 0 Å². The number of amides is 2. The second-order valence-corrected chi connectivity index (χ2v) is 6.72. The SMILES string of the molecule is N#Cc1ccc(N2C(=O)[C@H]3C4C=CC(CCO)(O4)[C@H]3C2=O)cc1C(F)(F)F. The lowest BCUT2D eigenvalue weighted by atomic mass is 9.75. The van der Waals surface area contributed by atoms with E-state index in [-0.39, 0.29) is 18.7 Å². The maximum atomic E-state index is 13.2. The third-order valence-electron chi connectivity index (χ3n) is 5.34. The molecule has 1 aromatic rings. The Labute approximate surface area is 151 Å². The molecule has 2 unspecified atom stereocenters. The minimum Gasteiger partial charge on any atom is -0.396 e. The average Bonchev–Trinajstić information content (AvgIpc) is 3.24. The molecule has 4 rings (SSSR count). The Morgan fingerprint density at radius 3 is 2.67 bits per heavy atom. The second-order valence-electron chi connectivity index (χ2n) is 6.72. The molecule has 0 spiro atoms. The maximum Gasteiger partial charge on any atom is 0.417 e. The zero-order chi connectivity index (χ0) is 19.6. The largest absolute Gasteiger partial charge is 0.417 e. The number of imide groups is 1. The van der Waals surface area contributed by atoms with Crippen LogP contribution in [0.4, 0.5) is 18.9 Å². The fraction of sp³-hybridized carbons (Fsp3) is 0.389. The summed E-state index contributed by atoms with van der Waals surface area (Å²) in [5, 5.41) is 18.2. The smallest absolute Gasteiger partial charge is 0.396 e. The first-order chi connectivity index (χ1) is 12.7. The Hall–Kier alpha value is -2.70. The maximum absolute atomic E-state index is 13.2. The van der Waals surface area contributed by atoms with E-state index in [0.717, 1.165) is 17.0 Å². The number of carbonyl (C=O) groups excluding carboxylic acids is 2. The van der Waals surface area contributed by atoms with Crippen molar-refractivity contribution in [3.05, 3.63) is 41.5 Å². The van der Waals surface area contributed by atoms with Crippen molar-refractivity contribution in [1.82, 2.24) is 0 Å². The van der Waals surface area contributed by atoms with Gasteiger partial charge in [-0.3, -0.25) is 9.59 Å². The Morgan fingerprint density at radius 2 is 2.04 bits per heavy atom. The lowest BCUT2D eigenvalue weighted by molar-refractivity contribution is -0.138. The van der Waals surface area contributed by atoms with Gasteiger partial charge in [-0.15, -0.1) is 0 Å². The summed E-state index contributed by atoms with van der Waals surface area (Å²) >= 11 is 0. The highest BCUT2D eigenvalue weighted by Crippen LogP contribution is 2.54. The highest BCUT2D eigenvalue weighted by atomic mass is 19.4. The van der Waals surface area contributed by atoms with Gasteiger partial charge >= 0.3 is 6.18 Å². The van der Waals surface area contributed by atoms with E-state index in [1.54, 1.807) is 12.2 Å². The van der Waals surface area contributed by atoms with E-state index < -0.39 is 52.7 Å². The van der Waals surface area contributed by atoms with Crippen LogP contribution in [0.2, 0.25) is 0 Å². The van der Waals surface area contributed by atoms with Crippen LogP contribution in [0.1, 0.15) is 17.5 Å². The van der Waals surface area contributed by atoms with Gasteiger partial charge in [-0.2, -0.15) is 18.4 Å². The molecule has 6 nitrogen and oxygen atoms in total. The second kappa shape index (κ2) is 5.65. The van der Waals surface area contributed by atoms with Gasteiger partial charge in [0.25, 0.3) is 0 Å². The van der Waals surface area contributed by atoms with E-state index in [4.69, 9.17) is 10.00 Å². The molecule has 0 aromatic heterocycles. The number of hydrogen-bond acceptors (Lipinski definition) is 5. The summed E-state index contributed by atoms with van der Waals surface area (Å²) in [6, 6.07) is 4.20. The van der Waals surface area contributed by atoms with Crippen LogP contribution >= 0.6 is 0 Å². The zero-order valence-electron chi connectivity index (χ0n) is 13.7. The first-order valence-electron chi connectivity index (χ1n) is 8.21. The van der Waals surface area contributed by atoms with Crippen molar-refractivity contribution in [2.45, 2.75) is 24.3 Å². The Kier molecular flexibility index (Phi) is 3.70. The number of aliphatic hydroxyl groups is 1. The fourth-order valence-electron chi connectivity index (χ4n) is 4.23. The molecule has 3 heterocycles. The standard InChI is InChI=1S/C18H13F3N2O4/c19-18(20,21)11-7-10(2-1-9(11)8-22)23-15(25)13-12-3-4-17(27-12,5-6-24)14(13)16(23)26/h1-4,7,12-14,24H,5-6H2/t12?,13-,14+,17?/m0/s1. The van der Waals surface area contributed by atoms with E-state index in [1.165, 1.54) is 6.07 Å². The van der Waals surface area contributed by atoms with Gasteiger partial charge in [0.05, 0.1) is 40.8 Å². The van der Waals surface area contributed by atoms with Crippen LogP contribution in [0.5, 0.6) is 0 Å². The highest BCUT2D eigenvalue weighted by molar-refractivity contribution is 6.23. The van der Waals surface area contributed by atoms with Gasteiger partial charge in [-0.1, -0.05) is 12.2 Å². The van der Waals surface area contributed by atoms with Crippen LogP contribution in [0.3, 0.4) is 0 Å². The van der Waals surface area contributed by atoms with Gasteiger partial charge in [0.15, 0.2) is 0 Å². The molecule has 1 N–H and O–H groups in total. The monoisotopic (exact) mass is 378 g/mol. The van der Waals surface area contributed by atoms with Crippen molar-refractivity contribution in [3.8, 4) is 6.07 Å². The van der Waals surface area contributed by atoms with Crippen LogP contribution in [0, 0.1) is 23.2 Å². The molecule has 3 aliphatic rings. The number of nitrogens with zero attached hydrogens (tertiary/aromatic N) is 2. The van der Waals surface area contributed by atoms with E-state index in [9.17, 15) is 27.9 Å². The molecule has 27 heavy (non-hydrogen) atoms. The van der Waals surface area contributed by atoms with Crippen LogP contribution in [-0.2, 0) is 20.5 Å². The van der Waals surface area contributed by atoms with Gasteiger partial charge in [0, 0.05) is 13.0 Å². The Bertz CT molecular complexity index is 920. The summed E-state index contributed by atoms with van der Waals surface area (Å²) in [6.07, 6.45) is -2.06. The predicted octanol–water partition coefficient (Wildman–Crippen LogP) is 1.77. The first-order valence-corrected chi connectivity index (χ1v) is 8.21. The number of fused-ring (bicyclic) bond motifs is 5. The molecule has 3 aliphatic heterocycles. The Morgan fingerprint density at radius 1 is 1.30 bits per heavy atom. The van der Waals surface area contributed by atoms with Gasteiger partial charge in [0.2, 0.25) is 11.8 Å². The zero-order valence-corrected chi connectivity index (χ0v) is 13.7. The van der Waals surface area contributed by atoms with Crippen molar-refractivity contribution < 1.29 is 32.6 Å². The van der Waals surface area contributed by atoms with Gasteiger partial charge in [0.1, 0.15) is 5.60 Å². The highest BCUT2D eigenvalue weighted by Gasteiger charge is 2.67. The van der Waals surface area contributed by atoms with Crippen LogP contribution < -0.4 is 4.90 Å². The molecule has 1 aromatic carbocycles. The molecule has 140 valence electrons. The number of alkyl halides is 3. The summed E-state index contributed by atoms with van der Waals surface area (Å²) in [7, 11) is 0. The van der Waals surface area contributed by atoms with Crippen molar-refractivity contribution in [1.29, 1.82) is 5.26 Å². The lowest BCUT2D eigenvalue weighted by Crippen LogP contribution is -2.41. The van der Waals surface area contributed by atoms with Gasteiger partial charge in [-0.25, -0.2) is 4.90 Å². The van der Waals surface area contributed by atoms with Crippen LogP contribution in [-0.4, -0.2) is 35.2 Å². The van der Waals surface area contributed by atoms with E-state index in [0.29, 0.717) is 6.07 Å². The van der Waals surface area contributed by atoms with Crippen molar-refractivity contribution in [2.24, 2.45) is 11.8 Å². The number of anilines is 1. The number of nitriles is 1. The van der Waals surface area contributed by atoms with E-state index in [2.05, 4.69) is 0 Å². The van der Waals surface area contributed by atoms with Crippen molar-refractivity contribution >= 4 is 17.5 Å². The Balaban J connectivity index is 1.77. The van der Waals surface area contributed by atoms with Crippen LogP contribution in [0.25, 0.3) is 0 Å². The predicted molar refractivity (Wildman–Crippen MR) is 84.1 cm³/mol. The molecular weight excluding hydrogens is 365 g/mol. The third-order valence-corrected chi connectivity index (χ3v) is 5.34. The number of rotatable bonds is 3. The number of ether oxygens (including phenoxy) is 1. The van der Waals surface area contributed by atoms with Gasteiger partial charge in [-0.05, 0) is 18.2 Å². The molecule has 2 fully saturated rings. The molecule has 0 saturated carbocycles. The molecule has 2 saturated heterocycles. The number of hydrogen-bond donors (Lipinski definition) is 1. The normalized spacial score (nSPS) is 31.5. The minimum atomic E-state index is -4.80. The van der Waals surface area contributed by atoms with Crippen molar-refractivity contribution in [2.75, 3.05) is 11.5 Å². The first kappa shape index (κ1) is 17.7. The number of benzene rings is 1. The molecule has 2 bridgehead atoms. The summed E-state index contributed by atoms with van der Waals surface area (Å²) in [5.74, 6) is -3.03. The quantitative estimate of drug-likeness (QED) is 0.640. The molecule has 0 aliphatic carbocycles. The fourth-order valence-corrected chi connectivity index (χ4v) is 4.23. The van der Waals surface area contributed by atoms with Crippen LogP contribution in [0.15, 0.2) is 30.4 Å². The molecule has 9 heteroatoms. The number of halogens is 3. The van der Waals surface area contributed by atoms with Gasteiger partial charge < -0.3 is 9.84 Å². The number of aliphatic hydroxyl groups excluding tert-OH is 1. The summed E-state index contributed by atoms with van der Waals surface area (Å²) in [4.78, 5) is 26.5. The third kappa shape index (κ3) is 2.33. The molecule has 2 amide bonds. The van der Waals surface area contributed by atoms with E-state index in [1.807, 2.05) is 0 Å². The molecule has 0 radical (unpaired) electrons. The topological polar surface area (TPSA) is 90.6 Å². The lowest BCUT2D eigenvalue weighted by Gasteiger charge is -2.28. The van der Waals surface area contributed by atoms with E-state index >= 15 is 0 Å². The number of carbonyl (C=O) groups is 2. The molecule has 4 atom stereocenters. The summed E-state index contributed by atoms with van der Waals surface area (Å²) in [5.41, 5.74) is -3.15. The minimum absolute atomic E-state index is 0.106. The molecular formula is C18H13F3N2O4. The summed E-state index contributed by atoms with van der Waals surface area (Å²) in [6.45, 7) is -0.267.